The third-order valence-electron chi connectivity index (χ3n) is 7.44. The highest BCUT2D eigenvalue weighted by Crippen LogP contribution is 2.37. The molecule has 11 atom stereocenters. The quantitative estimate of drug-likeness (QED) is 0.334. The van der Waals surface area contributed by atoms with Crippen LogP contribution in [0.5, 0.6) is 0 Å². The van der Waals surface area contributed by atoms with Gasteiger partial charge in [-0.1, -0.05) is 6.07 Å². The van der Waals surface area contributed by atoms with Gasteiger partial charge in [0, 0.05) is 25.1 Å². The van der Waals surface area contributed by atoms with E-state index < -0.39 is 71.0 Å². The van der Waals surface area contributed by atoms with Crippen LogP contribution >= 0.6 is 23.4 Å². The van der Waals surface area contributed by atoms with Crippen LogP contribution in [0.3, 0.4) is 0 Å². The summed E-state index contributed by atoms with van der Waals surface area (Å²) in [5, 5.41) is 36.4. The number of alkyl halides is 1. The van der Waals surface area contributed by atoms with Gasteiger partial charge in [-0.25, -0.2) is 8.78 Å². The highest BCUT2D eigenvalue weighted by molar-refractivity contribution is 7.99. The zero-order valence-corrected chi connectivity index (χ0v) is 21.6. The van der Waals surface area contributed by atoms with Gasteiger partial charge in [-0.05, 0) is 43.6 Å². The van der Waals surface area contributed by atoms with Gasteiger partial charge in [0.1, 0.15) is 47.5 Å². The molecule has 0 aliphatic carbocycles. The van der Waals surface area contributed by atoms with Gasteiger partial charge in [0.2, 0.25) is 5.91 Å². The lowest BCUT2D eigenvalue weighted by molar-refractivity contribution is -0.205. The van der Waals surface area contributed by atoms with Crippen molar-refractivity contribution in [3.05, 3.63) is 35.4 Å². The van der Waals surface area contributed by atoms with Gasteiger partial charge >= 0.3 is 0 Å². The van der Waals surface area contributed by atoms with Gasteiger partial charge in [-0.3, -0.25) is 4.79 Å². The first kappa shape index (κ1) is 28.0. The van der Waals surface area contributed by atoms with Crippen molar-refractivity contribution < 1.29 is 38.4 Å². The minimum atomic E-state index is -1.46. The van der Waals surface area contributed by atoms with Gasteiger partial charge in [-0.2, -0.15) is 0 Å². The summed E-state index contributed by atoms with van der Waals surface area (Å²) in [6, 6.07) is 2.03. The molecule has 0 saturated carbocycles. The number of hydrogen-bond acceptors (Lipinski definition) is 8. The Morgan fingerprint density at radius 1 is 1.25 bits per heavy atom. The first-order chi connectivity index (χ1) is 17.1. The van der Waals surface area contributed by atoms with E-state index in [4.69, 9.17) is 21.1 Å². The van der Waals surface area contributed by atoms with E-state index in [1.165, 1.54) is 23.9 Å². The second-order valence-electron chi connectivity index (χ2n) is 9.76. The molecule has 3 fully saturated rings. The number of hydrogen-bond donors (Lipinski definition) is 5. The van der Waals surface area contributed by atoms with E-state index in [9.17, 15) is 28.9 Å². The number of carbonyl (C=O) groups is 1. The molecule has 12 heteroatoms. The molecule has 1 aromatic rings. The summed E-state index contributed by atoms with van der Waals surface area (Å²) >= 11 is 7.55. The van der Waals surface area contributed by atoms with Crippen molar-refractivity contribution in [3.63, 3.8) is 0 Å². The summed E-state index contributed by atoms with van der Waals surface area (Å²) in [4.78, 5) is 13.3. The number of halogens is 3. The fourth-order valence-corrected chi connectivity index (χ4v) is 6.38. The number of aliphatic hydroxyl groups excluding tert-OH is 3. The molecule has 5 N–H and O–H groups in total. The van der Waals surface area contributed by atoms with Crippen LogP contribution < -0.4 is 10.6 Å². The number of nitrogens with one attached hydrogen (secondary N) is 2. The van der Waals surface area contributed by atoms with Crippen molar-refractivity contribution in [1.29, 1.82) is 0 Å². The smallest absolute Gasteiger partial charge is 0.240 e. The van der Waals surface area contributed by atoms with E-state index in [0.717, 1.165) is 6.07 Å². The number of benzene rings is 1. The van der Waals surface area contributed by atoms with E-state index in [0.29, 0.717) is 31.6 Å². The Labute approximate surface area is 218 Å². The Morgan fingerprint density at radius 3 is 2.67 bits per heavy atom. The van der Waals surface area contributed by atoms with E-state index in [-0.39, 0.29) is 11.8 Å². The Bertz CT molecular complexity index is 931. The third kappa shape index (κ3) is 5.68. The second kappa shape index (κ2) is 11.8. The summed E-state index contributed by atoms with van der Waals surface area (Å²) in [6.45, 7) is 2.43. The normalized spacial score (nSPS) is 38.6. The molecule has 0 radical (unpaired) electrons. The lowest BCUT2D eigenvalue weighted by Gasteiger charge is -2.44. The van der Waals surface area contributed by atoms with Crippen LogP contribution in [0.1, 0.15) is 31.2 Å². The van der Waals surface area contributed by atoms with E-state index in [1.54, 1.807) is 13.2 Å². The largest absolute Gasteiger partial charge is 0.388 e. The van der Waals surface area contributed by atoms with E-state index in [2.05, 4.69) is 10.6 Å². The van der Waals surface area contributed by atoms with Crippen LogP contribution in [0, 0.1) is 17.6 Å². The topological polar surface area (TPSA) is 120 Å². The predicted octanol–water partition coefficient (Wildman–Crippen LogP) is 1.10. The average molecular weight is 551 g/mol. The van der Waals surface area contributed by atoms with Gasteiger partial charge < -0.3 is 35.4 Å². The summed E-state index contributed by atoms with van der Waals surface area (Å²) in [5.41, 5.74) is -0.358. The monoisotopic (exact) mass is 550 g/mol. The van der Waals surface area contributed by atoms with Gasteiger partial charge in [0.05, 0.1) is 17.5 Å². The second-order valence-corrected chi connectivity index (χ2v) is 11.4. The first-order valence-electron chi connectivity index (χ1n) is 12.1. The Hall–Kier alpha value is -1.05. The number of amides is 1. The zero-order chi connectivity index (χ0) is 26.1. The fourth-order valence-electron chi connectivity index (χ4n) is 5.50. The molecular formula is C24H33ClF2N2O6S. The van der Waals surface area contributed by atoms with Gasteiger partial charge in [0.25, 0.3) is 0 Å². The van der Waals surface area contributed by atoms with Gasteiger partial charge in [0.15, 0.2) is 0 Å². The number of carbonyl (C=O) groups excluding carboxylic acids is 1. The Balaban J connectivity index is 1.45. The van der Waals surface area contributed by atoms with Crippen LogP contribution in [0.2, 0.25) is 0 Å². The number of ether oxygens (including phenoxy) is 2. The lowest BCUT2D eigenvalue weighted by atomic mass is 9.85. The molecule has 4 rings (SSSR count). The van der Waals surface area contributed by atoms with Crippen molar-refractivity contribution in [2.24, 2.45) is 5.92 Å². The lowest BCUT2D eigenvalue weighted by Crippen LogP contribution is -2.65. The third-order valence-corrected chi connectivity index (χ3v) is 8.56. The maximum atomic E-state index is 14.4. The molecule has 0 bridgehead atoms. The highest BCUT2D eigenvalue weighted by atomic mass is 35.5. The first-order valence-corrected chi connectivity index (χ1v) is 13.8. The number of fused-ring (bicyclic) bond motifs is 1. The van der Waals surface area contributed by atoms with Crippen molar-refractivity contribution in [2.45, 2.75) is 79.1 Å². The highest BCUT2D eigenvalue weighted by Gasteiger charge is 2.49. The standard InChI is InChI=1S/C24H33ClF2N2O6S/c1-10(25)16(22-19(31)18(30)20(32)24(35-22)36-2)29-23(33)17-21-12(9-28-17)7-11(5-6-34-21)14-4-3-13(26)8-15(14)27/h3-4,8,10-12,16-22,24,28,30-32H,5-7,9H2,1-2H3,(H,29,33)/t10-,11-,12-,16+,17-,18?,19?,20?,21+,22?,24?/m0/s1. The SMILES string of the molecule is CSC1OC([C@H](NC(=O)[C@H]2NC[C@@H]3C[C@@H](c4ccc(F)cc4F)CCO[C@H]32)[C@H](C)Cl)C(O)C(O)C1O. The zero-order valence-electron chi connectivity index (χ0n) is 20.0. The van der Waals surface area contributed by atoms with Crippen LogP contribution in [-0.4, -0.2) is 94.1 Å². The van der Waals surface area contributed by atoms with Crippen LogP contribution in [-0.2, 0) is 14.3 Å². The minimum absolute atomic E-state index is 0.0704. The fraction of sp³-hybridized carbons (Fsp3) is 0.708. The van der Waals surface area contributed by atoms with Crippen LogP contribution in [0.15, 0.2) is 18.2 Å². The molecule has 8 nitrogen and oxygen atoms in total. The predicted molar refractivity (Wildman–Crippen MR) is 131 cm³/mol. The molecule has 0 aromatic heterocycles. The van der Waals surface area contributed by atoms with E-state index in [1.807, 2.05) is 0 Å². The van der Waals surface area contributed by atoms with Crippen molar-refractivity contribution >= 4 is 29.3 Å². The molecule has 1 amide bonds. The average Bonchev–Trinajstić information content (AvgIpc) is 3.11. The molecule has 0 spiro atoms. The Morgan fingerprint density at radius 2 is 2.00 bits per heavy atom. The maximum Gasteiger partial charge on any atom is 0.240 e. The molecule has 5 unspecified atom stereocenters. The Kier molecular flexibility index (Phi) is 9.15. The molecule has 36 heavy (non-hydrogen) atoms. The number of thioether (sulfide) groups is 1. The summed E-state index contributed by atoms with van der Waals surface area (Å²) < 4.78 is 39.6. The molecule has 3 saturated heterocycles. The number of aliphatic hydroxyl groups is 3. The summed E-state index contributed by atoms with van der Waals surface area (Å²) in [5.74, 6) is -1.84. The molecule has 202 valence electrons. The summed E-state index contributed by atoms with van der Waals surface area (Å²) in [6.07, 6.45) is -2.90. The van der Waals surface area contributed by atoms with E-state index >= 15 is 0 Å². The molecule has 1 aromatic carbocycles. The maximum absolute atomic E-state index is 14.4. The van der Waals surface area contributed by atoms with Crippen LogP contribution in [0.25, 0.3) is 0 Å². The van der Waals surface area contributed by atoms with Crippen LogP contribution in [0.4, 0.5) is 8.78 Å². The summed E-state index contributed by atoms with van der Waals surface area (Å²) in [7, 11) is 0. The van der Waals surface area contributed by atoms with Gasteiger partial charge in [-0.15, -0.1) is 23.4 Å². The number of rotatable bonds is 6. The molecule has 3 heterocycles. The molecule has 3 aliphatic heterocycles. The van der Waals surface area contributed by atoms with Crippen molar-refractivity contribution in [2.75, 3.05) is 19.4 Å². The van der Waals surface area contributed by atoms with Crippen molar-refractivity contribution in [1.82, 2.24) is 10.6 Å². The van der Waals surface area contributed by atoms with Crippen molar-refractivity contribution in [3.8, 4) is 0 Å². The molecular weight excluding hydrogens is 518 g/mol. The molecule has 3 aliphatic rings. The minimum Gasteiger partial charge on any atom is -0.388 e.